The molecule has 0 radical (unpaired) electrons. The average molecular weight is 163 g/mol. The van der Waals surface area contributed by atoms with E-state index < -0.39 is 6.03 Å². The van der Waals surface area contributed by atoms with E-state index >= 15 is 0 Å². The first-order valence-electron chi connectivity index (χ1n) is 3.31. The molecule has 1 aromatic heterocycles. The van der Waals surface area contributed by atoms with Crippen molar-refractivity contribution in [3.8, 4) is 0 Å². The molecule has 2 heterocycles. The number of anilines is 1. The number of nitrogens with one attached hydrogen (secondary N) is 1. The molecular formula is C6H5N5O. The van der Waals surface area contributed by atoms with Crippen molar-refractivity contribution >= 4 is 11.8 Å². The molecule has 1 aliphatic heterocycles. The molecule has 0 fully saturated rings. The van der Waals surface area contributed by atoms with Gasteiger partial charge in [0.1, 0.15) is 6.33 Å². The van der Waals surface area contributed by atoms with Gasteiger partial charge in [-0.3, -0.25) is 0 Å². The van der Waals surface area contributed by atoms with Gasteiger partial charge in [0.25, 0.3) is 0 Å². The largest absolute Gasteiger partial charge is 0.371 e. The molecule has 1 N–H and O–H groups in total. The van der Waals surface area contributed by atoms with Gasteiger partial charge in [-0.05, 0) is 0 Å². The van der Waals surface area contributed by atoms with E-state index in [2.05, 4.69) is 25.3 Å². The van der Waals surface area contributed by atoms with Gasteiger partial charge in [0.05, 0.1) is 0 Å². The number of carbonyl (C=O) groups excluding carboxylic acids is 1. The zero-order valence-electron chi connectivity index (χ0n) is 6.27. The standard InChI is InChI=1S/C6H5N5O/c1-7-4-3-5(9-2-8-4)11-6(12)10-3/h2H,1H3,(H,7,8,9,11,12). The van der Waals surface area contributed by atoms with Crippen LogP contribution in [0.2, 0.25) is 0 Å². The second-order valence-corrected chi connectivity index (χ2v) is 2.15. The SMILES string of the molecule is CNc1ncnc2c1=NC(=O)N=2. The zero-order valence-corrected chi connectivity index (χ0v) is 6.27. The summed E-state index contributed by atoms with van der Waals surface area (Å²) >= 11 is 0. The minimum atomic E-state index is -0.526. The van der Waals surface area contributed by atoms with Crippen molar-refractivity contribution < 1.29 is 4.79 Å². The van der Waals surface area contributed by atoms with Crippen LogP contribution in [0.3, 0.4) is 0 Å². The fourth-order valence-corrected chi connectivity index (χ4v) is 0.948. The van der Waals surface area contributed by atoms with E-state index in [0.717, 1.165) is 0 Å². The molecule has 12 heavy (non-hydrogen) atoms. The Morgan fingerprint density at radius 3 is 2.92 bits per heavy atom. The maximum Gasteiger partial charge on any atom is 0.369 e. The molecular weight excluding hydrogens is 158 g/mol. The topological polar surface area (TPSA) is 79.6 Å². The molecule has 2 amide bonds. The maximum atomic E-state index is 10.7. The smallest absolute Gasteiger partial charge is 0.369 e. The van der Waals surface area contributed by atoms with Crippen molar-refractivity contribution in [1.29, 1.82) is 0 Å². The third-order valence-electron chi connectivity index (χ3n) is 1.45. The summed E-state index contributed by atoms with van der Waals surface area (Å²) in [5.41, 5.74) is 0.333. The summed E-state index contributed by atoms with van der Waals surface area (Å²) < 4.78 is 0. The highest BCUT2D eigenvalue weighted by Gasteiger charge is 2.09. The molecule has 0 atom stereocenters. The van der Waals surface area contributed by atoms with Crippen molar-refractivity contribution in [2.45, 2.75) is 0 Å². The van der Waals surface area contributed by atoms with Crippen molar-refractivity contribution in [3.63, 3.8) is 0 Å². The summed E-state index contributed by atoms with van der Waals surface area (Å²) in [6, 6.07) is -0.526. The van der Waals surface area contributed by atoms with Crippen LogP contribution in [0, 0.1) is 0 Å². The Labute approximate surface area is 67.1 Å². The highest BCUT2D eigenvalue weighted by atomic mass is 16.2. The van der Waals surface area contributed by atoms with Gasteiger partial charge >= 0.3 is 6.03 Å². The number of urea groups is 1. The number of hydrogen-bond acceptors (Lipinski definition) is 4. The summed E-state index contributed by atoms with van der Waals surface area (Å²) in [5, 5.41) is 3.21. The Balaban J connectivity index is 2.84. The van der Waals surface area contributed by atoms with Crippen LogP contribution in [0.25, 0.3) is 0 Å². The fraction of sp³-hybridized carbons (Fsp3) is 0.167. The third kappa shape index (κ3) is 0.849. The van der Waals surface area contributed by atoms with Gasteiger partial charge in [-0.25, -0.2) is 14.8 Å². The number of amides is 2. The van der Waals surface area contributed by atoms with Gasteiger partial charge in [-0.1, -0.05) is 0 Å². The summed E-state index contributed by atoms with van der Waals surface area (Å²) in [4.78, 5) is 25.6. The molecule has 6 heteroatoms. The monoisotopic (exact) mass is 163 g/mol. The van der Waals surface area contributed by atoms with Crippen LogP contribution in [0.4, 0.5) is 10.6 Å². The van der Waals surface area contributed by atoms with Crippen LogP contribution < -0.4 is 16.2 Å². The molecule has 0 aliphatic carbocycles. The van der Waals surface area contributed by atoms with Crippen LogP contribution in [-0.2, 0) is 0 Å². The number of rotatable bonds is 1. The zero-order chi connectivity index (χ0) is 8.55. The minimum absolute atomic E-state index is 0.333. The molecule has 6 nitrogen and oxygen atoms in total. The van der Waals surface area contributed by atoms with Gasteiger partial charge in [-0.2, -0.15) is 9.98 Å². The summed E-state index contributed by atoms with van der Waals surface area (Å²) in [5.74, 6) is 0.523. The highest BCUT2D eigenvalue weighted by molar-refractivity contribution is 5.77. The van der Waals surface area contributed by atoms with Crippen molar-refractivity contribution in [2.24, 2.45) is 9.98 Å². The predicted molar refractivity (Wildman–Crippen MR) is 39.3 cm³/mol. The van der Waals surface area contributed by atoms with E-state index in [0.29, 0.717) is 16.7 Å². The van der Waals surface area contributed by atoms with Gasteiger partial charge < -0.3 is 5.32 Å². The molecule has 0 bridgehead atoms. The lowest BCUT2D eigenvalue weighted by Gasteiger charge is -1.93. The minimum Gasteiger partial charge on any atom is -0.371 e. The number of aromatic nitrogens is 2. The van der Waals surface area contributed by atoms with E-state index in [-0.39, 0.29) is 0 Å². The molecule has 0 aromatic carbocycles. The Morgan fingerprint density at radius 2 is 2.17 bits per heavy atom. The first-order chi connectivity index (χ1) is 5.81. The normalized spacial score (nSPS) is 13.2. The average Bonchev–Trinajstić information content (AvgIpc) is 2.44. The summed E-state index contributed by atoms with van der Waals surface area (Å²) in [6.07, 6.45) is 1.34. The molecule has 0 saturated heterocycles. The fourth-order valence-electron chi connectivity index (χ4n) is 0.948. The number of hydrogen-bond donors (Lipinski definition) is 1. The number of fused-ring (bicyclic) bond motifs is 1. The van der Waals surface area contributed by atoms with Crippen LogP contribution in [-0.4, -0.2) is 23.0 Å². The Kier molecular flexibility index (Phi) is 1.33. The maximum absolute atomic E-state index is 10.7. The molecule has 0 saturated carbocycles. The van der Waals surface area contributed by atoms with E-state index in [1.807, 2.05) is 0 Å². The van der Waals surface area contributed by atoms with Crippen molar-refractivity contribution in [3.05, 3.63) is 17.2 Å². The first kappa shape index (κ1) is 6.84. The quantitative estimate of drug-likeness (QED) is 0.569. The third-order valence-corrected chi connectivity index (χ3v) is 1.45. The molecule has 1 aromatic rings. The second kappa shape index (κ2) is 2.33. The lowest BCUT2D eigenvalue weighted by molar-refractivity contribution is 0.256. The summed E-state index contributed by atoms with van der Waals surface area (Å²) in [7, 11) is 1.70. The Bertz CT molecular complexity index is 451. The second-order valence-electron chi connectivity index (χ2n) is 2.15. The highest BCUT2D eigenvalue weighted by Crippen LogP contribution is 1.89. The van der Waals surface area contributed by atoms with E-state index in [4.69, 9.17) is 0 Å². The van der Waals surface area contributed by atoms with Crippen LogP contribution in [0.15, 0.2) is 16.3 Å². The summed E-state index contributed by atoms with van der Waals surface area (Å²) in [6.45, 7) is 0. The number of carbonyl (C=O) groups is 1. The van der Waals surface area contributed by atoms with Crippen LogP contribution in [0.5, 0.6) is 0 Å². The van der Waals surface area contributed by atoms with E-state index in [1.54, 1.807) is 7.05 Å². The van der Waals surface area contributed by atoms with Crippen LogP contribution in [0.1, 0.15) is 0 Å². The molecule has 0 unspecified atom stereocenters. The first-order valence-corrected chi connectivity index (χ1v) is 3.31. The molecule has 2 rings (SSSR count). The van der Waals surface area contributed by atoms with Gasteiger partial charge in [0.2, 0.25) is 0 Å². The van der Waals surface area contributed by atoms with E-state index in [1.165, 1.54) is 6.33 Å². The van der Waals surface area contributed by atoms with Gasteiger partial charge in [0, 0.05) is 7.05 Å². The molecule has 1 aliphatic rings. The van der Waals surface area contributed by atoms with E-state index in [9.17, 15) is 4.79 Å². The van der Waals surface area contributed by atoms with Crippen molar-refractivity contribution in [2.75, 3.05) is 12.4 Å². The van der Waals surface area contributed by atoms with Crippen molar-refractivity contribution in [1.82, 2.24) is 9.97 Å². The Hall–Kier alpha value is -1.85. The molecule has 60 valence electrons. The molecule has 0 spiro atoms. The predicted octanol–water partition coefficient (Wildman–Crippen LogP) is -1.11. The van der Waals surface area contributed by atoms with Crippen LogP contribution >= 0.6 is 0 Å². The lowest BCUT2D eigenvalue weighted by atomic mass is 10.5. The Morgan fingerprint density at radius 1 is 1.33 bits per heavy atom. The number of nitrogens with zero attached hydrogens (tertiary/aromatic N) is 4. The van der Waals surface area contributed by atoms with Gasteiger partial charge in [-0.15, -0.1) is 0 Å². The van der Waals surface area contributed by atoms with Gasteiger partial charge in [0.15, 0.2) is 16.7 Å². The lowest BCUT2D eigenvalue weighted by Crippen LogP contribution is -2.29.